The van der Waals surface area contributed by atoms with E-state index < -0.39 is 0 Å². The first-order valence-electron chi connectivity index (χ1n) is 5.05. The van der Waals surface area contributed by atoms with Gasteiger partial charge in [-0.1, -0.05) is 12.1 Å². The number of hydrogen-bond donors (Lipinski definition) is 0. The highest BCUT2D eigenvalue weighted by Crippen LogP contribution is 2.38. The van der Waals surface area contributed by atoms with Gasteiger partial charge in [0.2, 0.25) is 0 Å². The van der Waals surface area contributed by atoms with Gasteiger partial charge in [0.1, 0.15) is 0 Å². The van der Waals surface area contributed by atoms with Crippen LogP contribution in [0.25, 0.3) is 0 Å². The molecule has 2 nitrogen and oxygen atoms in total. The Morgan fingerprint density at radius 3 is 2.57 bits per heavy atom. The summed E-state index contributed by atoms with van der Waals surface area (Å²) in [5, 5.41) is 0. The average Bonchev–Trinajstić information content (AvgIpc) is 3.01. The molecule has 0 aromatic heterocycles. The van der Waals surface area contributed by atoms with Crippen LogP contribution >= 0.6 is 0 Å². The summed E-state index contributed by atoms with van der Waals surface area (Å²) in [6.45, 7) is 0. The van der Waals surface area contributed by atoms with Crippen molar-refractivity contribution in [3.63, 3.8) is 0 Å². The fraction of sp³-hybridized carbons (Fsp3) is 0.500. The van der Waals surface area contributed by atoms with Gasteiger partial charge in [-0.15, -0.1) is 0 Å². The standard InChI is InChI=1S/C12H16O2/c1-13-11-5-3-4-10(12(11)14-2)8-9-6-7-9/h3-5,9H,6-8H2,1-2H3. The van der Waals surface area contributed by atoms with Crippen molar-refractivity contribution in [2.75, 3.05) is 14.2 Å². The zero-order valence-corrected chi connectivity index (χ0v) is 8.75. The Bertz CT molecular complexity index is 316. The van der Waals surface area contributed by atoms with Gasteiger partial charge in [-0.05, 0) is 36.8 Å². The van der Waals surface area contributed by atoms with Gasteiger partial charge in [0.05, 0.1) is 14.2 Å². The van der Waals surface area contributed by atoms with E-state index in [1.54, 1.807) is 14.2 Å². The predicted molar refractivity (Wildman–Crippen MR) is 56.0 cm³/mol. The van der Waals surface area contributed by atoms with Crippen LogP contribution in [0.5, 0.6) is 11.5 Å². The van der Waals surface area contributed by atoms with E-state index in [1.807, 2.05) is 12.1 Å². The van der Waals surface area contributed by atoms with E-state index in [9.17, 15) is 0 Å². The lowest BCUT2D eigenvalue weighted by Crippen LogP contribution is -1.96. The second-order valence-corrected chi connectivity index (χ2v) is 3.80. The molecular weight excluding hydrogens is 176 g/mol. The SMILES string of the molecule is COc1cccc(CC2CC2)c1OC. The van der Waals surface area contributed by atoms with Crippen molar-refractivity contribution in [2.24, 2.45) is 5.92 Å². The lowest BCUT2D eigenvalue weighted by atomic mass is 10.1. The normalized spacial score (nSPS) is 15.3. The van der Waals surface area contributed by atoms with Crippen LogP contribution in [0.1, 0.15) is 18.4 Å². The van der Waals surface area contributed by atoms with Gasteiger partial charge in [-0.25, -0.2) is 0 Å². The minimum Gasteiger partial charge on any atom is -0.493 e. The van der Waals surface area contributed by atoms with Crippen molar-refractivity contribution < 1.29 is 9.47 Å². The highest BCUT2D eigenvalue weighted by atomic mass is 16.5. The second-order valence-electron chi connectivity index (χ2n) is 3.80. The maximum Gasteiger partial charge on any atom is 0.163 e. The number of methoxy groups -OCH3 is 2. The molecule has 1 aliphatic rings. The number of benzene rings is 1. The summed E-state index contributed by atoms with van der Waals surface area (Å²) in [4.78, 5) is 0. The molecule has 0 radical (unpaired) electrons. The minimum atomic E-state index is 0.839. The van der Waals surface area contributed by atoms with Crippen LogP contribution in [-0.2, 0) is 6.42 Å². The summed E-state index contributed by atoms with van der Waals surface area (Å²) < 4.78 is 10.6. The topological polar surface area (TPSA) is 18.5 Å². The smallest absolute Gasteiger partial charge is 0.163 e. The van der Waals surface area contributed by atoms with Crippen LogP contribution in [0.2, 0.25) is 0 Å². The fourth-order valence-electron chi connectivity index (χ4n) is 1.75. The van der Waals surface area contributed by atoms with Crippen molar-refractivity contribution in [3.8, 4) is 11.5 Å². The lowest BCUT2D eigenvalue weighted by molar-refractivity contribution is 0.351. The van der Waals surface area contributed by atoms with Gasteiger partial charge in [0.15, 0.2) is 11.5 Å². The number of hydrogen-bond acceptors (Lipinski definition) is 2. The summed E-state index contributed by atoms with van der Waals surface area (Å²) in [5.41, 5.74) is 1.27. The van der Waals surface area contributed by atoms with Crippen molar-refractivity contribution in [1.82, 2.24) is 0 Å². The van der Waals surface area contributed by atoms with Crippen LogP contribution in [0, 0.1) is 5.92 Å². The Kier molecular flexibility index (Phi) is 2.62. The lowest BCUT2D eigenvalue weighted by Gasteiger charge is -2.11. The van der Waals surface area contributed by atoms with Gasteiger partial charge in [-0.3, -0.25) is 0 Å². The van der Waals surface area contributed by atoms with E-state index in [0.717, 1.165) is 23.8 Å². The molecule has 0 aliphatic heterocycles. The first-order chi connectivity index (χ1) is 6.85. The van der Waals surface area contributed by atoms with Crippen LogP contribution in [-0.4, -0.2) is 14.2 Å². The number of rotatable bonds is 4. The number of ether oxygens (including phenoxy) is 2. The molecule has 1 saturated carbocycles. The summed E-state index contributed by atoms with van der Waals surface area (Å²) in [6.07, 6.45) is 3.85. The average molecular weight is 192 g/mol. The first kappa shape index (κ1) is 9.38. The molecular formula is C12H16O2. The summed E-state index contributed by atoms with van der Waals surface area (Å²) in [6, 6.07) is 6.09. The van der Waals surface area contributed by atoms with Crippen LogP contribution < -0.4 is 9.47 Å². The van der Waals surface area contributed by atoms with Crippen molar-refractivity contribution in [1.29, 1.82) is 0 Å². The maximum absolute atomic E-state index is 5.37. The molecule has 14 heavy (non-hydrogen) atoms. The Morgan fingerprint density at radius 2 is 2.00 bits per heavy atom. The van der Waals surface area contributed by atoms with E-state index in [-0.39, 0.29) is 0 Å². The monoisotopic (exact) mass is 192 g/mol. The first-order valence-corrected chi connectivity index (χ1v) is 5.05. The Labute approximate surface area is 84.8 Å². The molecule has 1 fully saturated rings. The van der Waals surface area contributed by atoms with E-state index in [2.05, 4.69) is 6.07 Å². The molecule has 0 unspecified atom stereocenters. The Morgan fingerprint density at radius 1 is 1.21 bits per heavy atom. The molecule has 0 saturated heterocycles. The van der Waals surface area contributed by atoms with Gasteiger partial charge >= 0.3 is 0 Å². The zero-order chi connectivity index (χ0) is 9.97. The van der Waals surface area contributed by atoms with E-state index in [1.165, 1.54) is 18.4 Å². The number of para-hydroxylation sites is 1. The third-order valence-electron chi connectivity index (χ3n) is 2.69. The van der Waals surface area contributed by atoms with Crippen LogP contribution in [0.3, 0.4) is 0 Å². The van der Waals surface area contributed by atoms with Crippen molar-refractivity contribution >= 4 is 0 Å². The molecule has 1 aliphatic carbocycles. The maximum atomic E-state index is 5.37. The molecule has 0 N–H and O–H groups in total. The second kappa shape index (κ2) is 3.91. The van der Waals surface area contributed by atoms with E-state index >= 15 is 0 Å². The minimum absolute atomic E-state index is 0.839. The highest BCUT2D eigenvalue weighted by molar-refractivity contribution is 5.46. The molecule has 1 aromatic carbocycles. The highest BCUT2D eigenvalue weighted by Gasteiger charge is 2.23. The van der Waals surface area contributed by atoms with Crippen molar-refractivity contribution in [3.05, 3.63) is 23.8 Å². The molecule has 0 atom stereocenters. The largest absolute Gasteiger partial charge is 0.493 e. The third-order valence-corrected chi connectivity index (χ3v) is 2.69. The molecule has 0 amide bonds. The van der Waals surface area contributed by atoms with Gasteiger partial charge < -0.3 is 9.47 Å². The fourth-order valence-corrected chi connectivity index (χ4v) is 1.75. The van der Waals surface area contributed by atoms with E-state index in [0.29, 0.717) is 0 Å². The molecule has 2 rings (SSSR count). The van der Waals surface area contributed by atoms with Gasteiger partial charge in [0.25, 0.3) is 0 Å². The van der Waals surface area contributed by atoms with Crippen LogP contribution in [0.4, 0.5) is 0 Å². The van der Waals surface area contributed by atoms with Crippen molar-refractivity contribution in [2.45, 2.75) is 19.3 Å². The summed E-state index contributed by atoms with van der Waals surface area (Å²) in [5.74, 6) is 2.61. The van der Waals surface area contributed by atoms with Crippen LogP contribution in [0.15, 0.2) is 18.2 Å². The molecule has 0 heterocycles. The zero-order valence-electron chi connectivity index (χ0n) is 8.75. The summed E-state index contributed by atoms with van der Waals surface area (Å²) in [7, 11) is 3.38. The molecule has 0 bridgehead atoms. The quantitative estimate of drug-likeness (QED) is 0.730. The molecule has 0 spiro atoms. The third kappa shape index (κ3) is 1.84. The summed E-state index contributed by atoms with van der Waals surface area (Å²) >= 11 is 0. The Balaban J connectivity index is 2.26. The molecule has 2 heteroatoms. The van der Waals surface area contributed by atoms with Gasteiger partial charge in [0, 0.05) is 0 Å². The molecule has 76 valence electrons. The van der Waals surface area contributed by atoms with E-state index in [4.69, 9.17) is 9.47 Å². The molecule has 1 aromatic rings. The van der Waals surface area contributed by atoms with Gasteiger partial charge in [-0.2, -0.15) is 0 Å². The predicted octanol–water partition coefficient (Wildman–Crippen LogP) is 2.66. The Hall–Kier alpha value is -1.18.